The molecule has 1 amide bonds. The number of methoxy groups -OCH3 is 1. The van der Waals surface area contributed by atoms with E-state index in [-0.39, 0.29) is 24.6 Å². The smallest absolute Gasteiger partial charge is 0.413 e. The van der Waals surface area contributed by atoms with Crippen LogP contribution in [0.4, 0.5) is 4.79 Å². The predicted octanol–water partition coefficient (Wildman–Crippen LogP) is 3.63. The van der Waals surface area contributed by atoms with Crippen LogP contribution < -0.4 is 9.47 Å². The fourth-order valence-electron chi connectivity index (χ4n) is 2.16. The highest BCUT2D eigenvalue weighted by atomic mass is 16.6. The second-order valence-corrected chi connectivity index (χ2v) is 6.88. The molecule has 1 aromatic carbocycles. The molecule has 24 heavy (non-hydrogen) atoms. The van der Waals surface area contributed by atoms with Gasteiger partial charge in [0.25, 0.3) is 0 Å². The van der Waals surface area contributed by atoms with Gasteiger partial charge < -0.3 is 14.2 Å². The molecule has 1 aromatic rings. The van der Waals surface area contributed by atoms with E-state index in [0.717, 1.165) is 12.8 Å². The molecule has 0 N–H and O–H groups in total. The number of nitrogens with zero attached hydrogens (tertiary/aromatic N) is 1. The van der Waals surface area contributed by atoms with Gasteiger partial charge in [-0.05, 0) is 58.7 Å². The number of carbonyl (C=O) groups is 2. The molecule has 0 atom stereocenters. The second-order valence-electron chi connectivity index (χ2n) is 6.88. The first kappa shape index (κ1) is 18.1. The lowest BCUT2D eigenvalue weighted by molar-refractivity contribution is 0.00733. The van der Waals surface area contributed by atoms with Crippen molar-refractivity contribution in [1.29, 1.82) is 0 Å². The Morgan fingerprint density at radius 3 is 2.38 bits per heavy atom. The summed E-state index contributed by atoms with van der Waals surface area (Å²) < 4.78 is 16.5. The number of hydrogen-bond acceptors (Lipinski definition) is 5. The minimum atomic E-state index is -0.551. The van der Waals surface area contributed by atoms with E-state index in [1.165, 1.54) is 14.0 Å². The summed E-state index contributed by atoms with van der Waals surface area (Å²) in [5.41, 5.74) is -0.00389. The van der Waals surface area contributed by atoms with Crippen molar-refractivity contribution in [3.05, 3.63) is 23.8 Å². The number of ether oxygens (including phenoxy) is 3. The van der Waals surface area contributed by atoms with Crippen LogP contribution >= 0.6 is 0 Å². The van der Waals surface area contributed by atoms with Gasteiger partial charge in [0, 0.05) is 11.6 Å². The van der Waals surface area contributed by atoms with Gasteiger partial charge in [0.05, 0.1) is 7.11 Å². The van der Waals surface area contributed by atoms with E-state index < -0.39 is 5.60 Å². The van der Waals surface area contributed by atoms with Crippen LogP contribution in [0.25, 0.3) is 0 Å². The highest BCUT2D eigenvalue weighted by Crippen LogP contribution is 2.31. The molecule has 1 saturated carbocycles. The summed E-state index contributed by atoms with van der Waals surface area (Å²) in [6, 6.07) is 5.14. The van der Waals surface area contributed by atoms with E-state index in [2.05, 4.69) is 0 Å². The Kier molecular flexibility index (Phi) is 5.36. The number of amides is 1. The topological polar surface area (TPSA) is 65.1 Å². The average Bonchev–Trinajstić information content (AvgIpc) is 3.30. The van der Waals surface area contributed by atoms with E-state index >= 15 is 0 Å². The van der Waals surface area contributed by atoms with E-state index in [1.807, 2.05) is 20.8 Å². The molecule has 0 saturated heterocycles. The third-order valence-electron chi connectivity index (χ3n) is 3.54. The molecule has 6 nitrogen and oxygen atoms in total. The first-order chi connectivity index (χ1) is 11.2. The Labute approximate surface area is 142 Å². The van der Waals surface area contributed by atoms with Crippen molar-refractivity contribution in [2.75, 3.05) is 13.8 Å². The summed E-state index contributed by atoms with van der Waals surface area (Å²) in [6.07, 6.45) is 1.51. The summed E-state index contributed by atoms with van der Waals surface area (Å²) in [6.45, 7) is 7.07. The van der Waals surface area contributed by atoms with Crippen LogP contribution in [-0.4, -0.2) is 42.3 Å². The highest BCUT2D eigenvalue weighted by Gasteiger charge is 2.35. The quantitative estimate of drug-likeness (QED) is 0.587. The number of rotatable bonds is 6. The van der Waals surface area contributed by atoms with Gasteiger partial charge >= 0.3 is 6.09 Å². The third kappa shape index (κ3) is 4.88. The van der Waals surface area contributed by atoms with Crippen LogP contribution in [0.3, 0.4) is 0 Å². The molecular weight excluding hydrogens is 310 g/mol. The van der Waals surface area contributed by atoms with E-state index in [0.29, 0.717) is 17.1 Å². The molecule has 0 aliphatic heterocycles. The van der Waals surface area contributed by atoms with Gasteiger partial charge in [-0.3, -0.25) is 9.69 Å². The van der Waals surface area contributed by atoms with Crippen molar-refractivity contribution < 1.29 is 23.8 Å². The number of carbonyl (C=O) groups excluding carboxylic acids is 2. The zero-order valence-corrected chi connectivity index (χ0v) is 14.9. The monoisotopic (exact) mass is 335 g/mol. The molecular formula is C18H25NO5. The number of hydrogen-bond donors (Lipinski definition) is 0. The van der Waals surface area contributed by atoms with Gasteiger partial charge in [-0.1, -0.05) is 0 Å². The maximum Gasteiger partial charge on any atom is 0.413 e. The Hall–Kier alpha value is -2.24. The van der Waals surface area contributed by atoms with Crippen molar-refractivity contribution in [1.82, 2.24) is 4.90 Å². The standard InChI is InChI=1S/C18H25NO5/c1-12(20)13-6-9-15(16(10-13)22-5)23-11-19(14-7-8-14)17(21)24-18(2,3)4/h6,9-10,14H,7-8,11H2,1-5H3. The number of ketones is 1. The Morgan fingerprint density at radius 2 is 1.88 bits per heavy atom. The number of Topliss-reactive ketones (excluding diaryl/α,β-unsaturated/α-hetero) is 1. The molecule has 132 valence electrons. The minimum Gasteiger partial charge on any atom is -0.493 e. The normalized spacial score (nSPS) is 14.0. The maximum atomic E-state index is 12.3. The van der Waals surface area contributed by atoms with Crippen molar-refractivity contribution in [2.45, 2.75) is 52.2 Å². The summed E-state index contributed by atoms with van der Waals surface area (Å²) in [5.74, 6) is 0.896. The second kappa shape index (κ2) is 7.11. The molecule has 1 aliphatic carbocycles. The van der Waals surface area contributed by atoms with Crippen molar-refractivity contribution in [3.8, 4) is 11.5 Å². The minimum absolute atomic E-state index is 0.0480. The van der Waals surface area contributed by atoms with E-state index in [4.69, 9.17) is 14.2 Å². The van der Waals surface area contributed by atoms with Crippen LogP contribution in [0.5, 0.6) is 11.5 Å². The van der Waals surface area contributed by atoms with Crippen molar-refractivity contribution in [3.63, 3.8) is 0 Å². The largest absolute Gasteiger partial charge is 0.493 e. The molecule has 0 bridgehead atoms. The van der Waals surface area contributed by atoms with Crippen LogP contribution in [0, 0.1) is 0 Å². The van der Waals surface area contributed by atoms with Gasteiger partial charge in [-0.2, -0.15) is 0 Å². The van der Waals surface area contributed by atoms with Gasteiger partial charge in [0.2, 0.25) is 0 Å². The Bertz CT molecular complexity index is 616. The van der Waals surface area contributed by atoms with Crippen LogP contribution in [0.1, 0.15) is 50.9 Å². The fourth-order valence-corrected chi connectivity index (χ4v) is 2.16. The molecule has 0 aromatic heterocycles. The summed E-state index contributed by atoms with van der Waals surface area (Å²) in [7, 11) is 1.51. The molecule has 0 unspecified atom stereocenters. The van der Waals surface area contributed by atoms with Crippen LogP contribution in [0.15, 0.2) is 18.2 Å². The van der Waals surface area contributed by atoms with E-state index in [9.17, 15) is 9.59 Å². The van der Waals surface area contributed by atoms with Crippen molar-refractivity contribution >= 4 is 11.9 Å². The highest BCUT2D eigenvalue weighted by molar-refractivity contribution is 5.94. The van der Waals surface area contributed by atoms with Crippen LogP contribution in [-0.2, 0) is 4.74 Å². The maximum absolute atomic E-state index is 12.3. The molecule has 2 rings (SSSR count). The van der Waals surface area contributed by atoms with E-state index in [1.54, 1.807) is 23.1 Å². The molecule has 1 fully saturated rings. The van der Waals surface area contributed by atoms with Gasteiger partial charge in [-0.15, -0.1) is 0 Å². The van der Waals surface area contributed by atoms with Gasteiger partial charge in [0.1, 0.15) is 5.60 Å². The lowest BCUT2D eigenvalue weighted by Crippen LogP contribution is -2.40. The first-order valence-electron chi connectivity index (χ1n) is 8.02. The average molecular weight is 335 g/mol. The summed E-state index contributed by atoms with van der Waals surface area (Å²) in [4.78, 5) is 25.3. The molecule has 0 radical (unpaired) electrons. The SMILES string of the molecule is COc1cc(C(C)=O)ccc1OCN(C(=O)OC(C)(C)C)C1CC1. The molecule has 0 heterocycles. The van der Waals surface area contributed by atoms with Crippen LogP contribution in [0.2, 0.25) is 0 Å². The Morgan fingerprint density at radius 1 is 1.21 bits per heavy atom. The third-order valence-corrected chi connectivity index (χ3v) is 3.54. The Balaban J connectivity index is 2.07. The zero-order chi connectivity index (χ0) is 17.9. The first-order valence-corrected chi connectivity index (χ1v) is 8.02. The number of benzene rings is 1. The predicted molar refractivity (Wildman–Crippen MR) is 89.6 cm³/mol. The van der Waals surface area contributed by atoms with Gasteiger partial charge in [0.15, 0.2) is 24.0 Å². The summed E-state index contributed by atoms with van der Waals surface area (Å²) in [5, 5.41) is 0. The lowest BCUT2D eigenvalue weighted by Gasteiger charge is -2.27. The summed E-state index contributed by atoms with van der Waals surface area (Å²) >= 11 is 0. The molecule has 6 heteroatoms. The fraction of sp³-hybridized carbons (Fsp3) is 0.556. The van der Waals surface area contributed by atoms with Crippen molar-refractivity contribution in [2.24, 2.45) is 0 Å². The molecule has 0 spiro atoms. The zero-order valence-electron chi connectivity index (χ0n) is 14.9. The molecule has 1 aliphatic rings. The lowest BCUT2D eigenvalue weighted by atomic mass is 10.1. The van der Waals surface area contributed by atoms with Gasteiger partial charge in [-0.25, -0.2) is 4.79 Å².